The molecule has 1 aliphatic rings. The Labute approximate surface area is 222 Å². The van der Waals surface area contributed by atoms with Gasteiger partial charge in [-0.1, -0.05) is 55.0 Å². The van der Waals surface area contributed by atoms with Crippen molar-refractivity contribution in [2.24, 2.45) is 0 Å². The molecule has 0 bridgehead atoms. The van der Waals surface area contributed by atoms with E-state index in [1.54, 1.807) is 0 Å². The van der Waals surface area contributed by atoms with Crippen LogP contribution in [0.25, 0.3) is 22.0 Å². The summed E-state index contributed by atoms with van der Waals surface area (Å²) in [6, 6.07) is 26.6. The summed E-state index contributed by atoms with van der Waals surface area (Å²) >= 11 is 0. The summed E-state index contributed by atoms with van der Waals surface area (Å²) in [6.07, 6.45) is 8.52. The lowest BCUT2D eigenvalue weighted by molar-refractivity contribution is 0.102. The van der Waals surface area contributed by atoms with Gasteiger partial charge in [0.25, 0.3) is 5.91 Å². The lowest BCUT2D eigenvalue weighted by atomic mass is 10.0. The summed E-state index contributed by atoms with van der Waals surface area (Å²) in [5, 5.41) is 11.2. The summed E-state index contributed by atoms with van der Waals surface area (Å²) in [5.74, 6) is -0.234. The van der Waals surface area contributed by atoms with Gasteiger partial charge < -0.3 is 5.32 Å². The molecule has 0 radical (unpaired) electrons. The second-order valence-corrected chi connectivity index (χ2v) is 10.1. The Bertz CT molecular complexity index is 1550. The van der Waals surface area contributed by atoms with Gasteiger partial charge >= 0.3 is 0 Å². The first kappa shape index (κ1) is 24.1. The summed E-state index contributed by atoms with van der Waals surface area (Å²) in [7, 11) is 0. The molecule has 5 aromatic rings. The molecule has 1 saturated heterocycles. The van der Waals surface area contributed by atoms with E-state index >= 15 is 0 Å². The van der Waals surface area contributed by atoms with Gasteiger partial charge in [0.1, 0.15) is 0 Å². The number of fused-ring (bicyclic) bond motifs is 1. The highest BCUT2D eigenvalue weighted by molar-refractivity contribution is 6.11. The Kier molecular flexibility index (Phi) is 6.96. The van der Waals surface area contributed by atoms with E-state index in [0.717, 1.165) is 59.3 Å². The van der Waals surface area contributed by atoms with Gasteiger partial charge in [-0.05, 0) is 84.9 Å². The molecule has 1 fully saturated rings. The van der Waals surface area contributed by atoms with Crippen LogP contribution in [0.15, 0.2) is 91.3 Å². The van der Waals surface area contributed by atoms with Crippen LogP contribution in [-0.4, -0.2) is 39.1 Å². The number of hydrogen-bond donors (Lipinski definition) is 2. The van der Waals surface area contributed by atoms with Crippen LogP contribution >= 0.6 is 0 Å². The van der Waals surface area contributed by atoms with Gasteiger partial charge in [-0.2, -0.15) is 5.10 Å². The molecule has 190 valence electrons. The highest BCUT2D eigenvalue weighted by Gasteiger charge is 2.16. The van der Waals surface area contributed by atoms with Gasteiger partial charge in [0, 0.05) is 35.6 Å². The third-order valence-corrected chi connectivity index (χ3v) is 7.20. The van der Waals surface area contributed by atoms with Crippen LogP contribution in [0.5, 0.6) is 0 Å². The molecule has 38 heavy (non-hydrogen) atoms. The predicted molar refractivity (Wildman–Crippen MR) is 152 cm³/mol. The fraction of sp³-hybridized carbons (Fsp3) is 0.219. The molecule has 2 N–H and O–H groups in total. The molecule has 6 nitrogen and oxygen atoms in total. The average Bonchev–Trinajstić information content (AvgIpc) is 3.38. The second kappa shape index (κ2) is 11.0. The zero-order valence-electron chi connectivity index (χ0n) is 21.4. The van der Waals surface area contributed by atoms with Crippen molar-refractivity contribution in [1.29, 1.82) is 0 Å². The van der Waals surface area contributed by atoms with Crippen LogP contribution < -0.4 is 5.32 Å². The maximum Gasteiger partial charge on any atom is 0.276 e. The van der Waals surface area contributed by atoms with Crippen LogP contribution in [0.1, 0.15) is 46.4 Å². The van der Waals surface area contributed by atoms with Crippen LogP contribution in [0.4, 0.5) is 5.69 Å². The first-order valence-corrected chi connectivity index (χ1v) is 13.3. The number of aromatic amines is 1. The summed E-state index contributed by atoms with van der Waals surface area (Å²) in [6.45, 7) is 3.23. The van der Waals surface area contributed by atoms with Crippen molar-refractivity contribution >= 4 is 22.5 Å². The zero-order chi connectivity index (χ0) is 25.7. The molecule has 6 heteroatoms. The van der Waals surface area contributed by atoms with E-state index in [2.05, 4.69) is 55.7 Å². The molecule has 3 heterocycles. The number of piperidine rings is 1. The number of amides is 1. The topological polar surface area (TPSA) is 73.9 Å². The molecule has 2 aromatic heterocycles. The second-order valence-electron chi connectivity index (χ2n) is 10.1. The number of anilines is 1. The predicted octanol–water partition coefficient (Wildman–Crippen LogP) is 6.45. The van der Waals surface area contributed by atoms with Crippen molar-refractivity contribution < 1.29 is 4.79 Å². The van der Waals surface area contributed by atoms with Crippen LogP contribution in [-0.2, 0) is 13.0 Å². The largest absolute Gasteiger partial charge is 0.321 e. The normalized spacial score (nSPS) is 14.0. The standard InChI is InChI=1S/C32H31N5O/c38-32(34-28-11-7-10-24(18-28)16-23-8-3-1-4-9-23)31-29-19-26(12-13-30(29)35-36-31)27-17-25(20-33-21-27)22-37-14-5-2-6-15-37/h1,3-4,7-13,17-21H,2,5-6,14-16,22H2,(H,34,38)(H,35,36). The van der Waals surface area contributed by atoms with Crippen LogP contribution in [0, 0.1) is 0 Å². The number of benzene rings is 3. The van der Waals surface area contributed by atoms with Crippen LogP contribution in [0.2, 0.25) is 0 Å². The first-order chi connectivity index (χ1) is 18.7. The van der Waals surface area contributed by atoms with Gasteiger partial charge in [-0.15, -0.1) is 0 Å². The molecule has 0 aliphatic carbocycles. The number of carbonyl (C=O) groups excluding carboxylic acids is 1. The number of aromatic nitrogens is 3. The Morgan fingerprint density at radius 3 is 2.53 bits per heavy atom. The van der Waals surface area contributed by atoms with E-state index in [1.807, 2.05) is 60.9 Å². The lowest BCUT2D eigenvalue weighted by Crippen LogP contribution is -2.29. The van der Waals surface area contributed by atoms with Crippen molar-refractivity contribution in [3.8, 4) is 11.1 Å². The number of hydrogen-bond acceptors (Lipinski definition) is 4. The summed E-state index contributed by atoms with van der Waals surface area (Å²) in [4.78, 5) is 20.3. The SMILES string of the molecule is O=C(Nc1cccc(Cc2ccccc2)c1)c1n[nH]c2ccc(-c3cncc(CN4CCCCC4)c3)cc12. The van der Waals surface area contributed by atoms with Gasteiger partial charge in [0.05, 0.1) is 5.52 Å². The van der Waals surface area contributed by atoms with E-state index in [9.17, 15) is 4.79 Å². The van der Waals surface area contributed by atoms with E-state index < -0.39 is 0 Å². The summed E-state index contributed by atoms with van der Waals surface area (Å²) in [5.41, 5.74) is 7.61. The number of likely N-dealkylation sites (tertiary alicyclic amines) is 1. The quantitative estimate of drug-likeness (QED) is 0.269. The number of H-pyrrole nitrogens is 1. The molecule has 0 spiro atoms. The number of nitrogens with zero attached hydrogens (tertiary/aromatic N) is 3. The van der Waals surface area contributed by atoms with Crippen molar-refractivity contribution in [1.82, 2.24) is 20.1 Å². The van der Waals surface area contributed by atoms with E-state index in [-0.39, 0.29) is 5.91 Å². The number of carbonyl (C=O) groups is 1. The molecular formula is C32H31N5O. The lowest BCUT2D eigenvalue weighted by Gasteiger charge is -2.26. The third-order valence-electron chi connectivity index (χ3n) is 7.20. The molecule has 3 aromatic carbocycles. The minimum atomic E-state index is -0.234. The Morgan fingerprint density at radius 1 is 0.816 bits per heavy atom. The average molecular weight is 502 g/mol. The van der Waals surface area contributed by atoms with Gasteiger partial charge in [0.2, 0.25) is 0 Å². The van der Waals surface area contributed by atoms with Gasteiger partial charge in [0.15, 0.2) is 5.69 Å². The first-order valence-electron chi connectivity index (χ1n) is 13.3. The highest BCUT2D eigenvalue weighted by Crippen LogP contribution is 2.27. The number of pyridine rings is 1. The maximum absolute atomic E-state index is 13.3. The Hall–Kier alpha value is -4.29. The fourth-order valence-electron chi connectivity index (χ4n) is 5.26. The van der Waals surface area contributed by atoms with Crippen molar-refractivity contribution in [3.05, 3.63) is 114 Å². The molecule has 6 rings (SSSR count). The van der Waals surface area contributed by atoms with Crippen molar-refractivity contribution in [3.63, 3.8) is 0 Å². The minimum Gasteiger partial charge on any atom is -0.321 e. The number of nitrogens with one attached hydrogen (secondary N) is 2. The zero-order valence-corrected chi connectivity index (χ0v) is 21.4. The van der Waals surface area contributed by atoms with Gasteiger partial charge in [-0.3, -0.25) is 19.8 Å². The molecule has 1 aliphatic heterocycles. The molecule has 0 saturated carbocycles. The van der Waals surface area contributed by atoms with Crippen LogP contribution in [0.3, 0.4) is 0 Å². The molecule has 0 unspecified atom stereocenters. The fourth-order valence-corrected chi connectivity index (χ4v) is 5.26. The van der Waals surface area contributed by atoms with E-state index in [0.29, 0.717) is 5.69 Å². The van der Waals surface area contributed by atoms with E-state index in [1.165, 1.54) is 30.4 Å². The Balaban J connectivity index is 1.21. The number of rotatable bonds is 7. The van der Waals surface area contributed by atoms with Crippen molar-refractivity contribution in [2.75, 3.05) is 18.4 Å². The molecule has 0 atom stereocenters. The highest BCUT2D eigenvalue weighted by atomic mass is 16.1. The van der Waals surface area contributed by atoms with E-state index in [4.69, 9.17) is 0 Å². The maximum atomic E-state index is 13.3. The smallest absolute Gasteiger partial charge is 0.276 e. The van der Waals surface area contributed by atoms with Crippen molar-refractivity contribution in [2.45, 2.75) is 32.2 Å². The monoisotopic (exact) mass is 501 g/mol. The summed E-state index contributed by atoms with van der Waals surface area (Å²) < 4.78 is 0. The minimum absolute atomic E-state index is 0.234. The Morgan fingerprint density at radius 2 is 1.66 bits per heavy atom. The molecular weight excluding hydrogens is 470 g/mol. The molecule has 1 amide bonds. The van der Waals surface area contributed by atoms with Gasteiger partial charge in [-0.25, -0.2) is 0 Å². The third kappa shape index (κ3) is 5.50.